The molecule has 2 atom stereocenters. The summed E-state index contributed by atoms with van der Waals surface area (Å²) in [6.07, 6.45) is 10.4. The largest absolute Gasteiger partial charge is 1.00 e. The zero-order valence-corrected chi connectivity index (χ0v) is 11.5. The van der Waals surface area contributed by atoms with Crippen molar-refractivity contribution in [2.24, 2.45) is 18.1 Å². The minimum absolute atomic E-state index is 0. The molecule has 1 N–H and O–H groups in total. The molecule has 6 heteroatoms. The molecular weight excluding hydrogens is 254 g/mol. The molecule has 0 saturated heterocycles. The minimum Gasteiger partial charge on any atom is -1.00 e. The van der Waals surface area contributed by atoms with Gasteiger partial charge in [-0.15, -0.1) is 12.3 Å². The second-order valence-electron chi connectivity index (χ2n) is 3.94. The summed E-state index contributed by atoms with van der Waals surface area (Å²) < 4.78 is 9.31. The molecule has 1 aromatic heterocycles. The summed E-state index contributed by atoms with van der Waals surface area (Å²) in [4.78, 5) is 0. The van der Waals surface area contributed by atoms with Crippen LogP contribution in [0, 0.1) is 18.3 Å². The summed E-state index contributed by atoms with van der Waals surface area (Å²) in [5, 5.41) is 11.6. The maximum atomic E-state index is 8.57. The van der Waals surface area contributed by atoms with E-state index in [1.165, 1.54) is 6.21 Å². The minimum atomic E-state index is -0.0216. The maximum absolute atomic E-state index is 8.57. The van der Waals surface area contributed by atoms with Gasteiger partial charge in [0.05, 0.1) is 13.2 Å². The van der Waals surface area contributed by atoms with Crippen molar-refractivity contribution >= 4 is 6.21 Å². The van der Waals surface area contributed by atoms with Crippen molar-refractivity contribution in [3.05, 3.63) is 18.2 Å². The fourth-order valence-electron chi connectivity index (χ4n) is 1.34. The van der Waals surface area contributed by atoms with Crippen molar-refractivity contribution in [3.63, 3.8) is 0 Å². The molecule has 0 amide bonds. The van der Waals surface area contributed by atoms with E-state index in [1.807, 2.05) is 42.4 Å². The Morgan fingerprint density at radius 1 is 1.67 bits per heavy atom. The summed E-state index contributed by atoms with van der Waals surface area (Å²) in [7, 11) is 1.86. The molecule has 100 valence electrons. The molecule has 0 radical (unpaired) electrons. The maximum Gasteiger partial charge on any atom is 0.305 e. The van der Waals surface area contributed by atoms with Crippen LogP contribution in [0.25, 0.3) is 0 Å². The average molecular weight is 272 g/mol. The van der Waals surface area contributed by atoms with Gasteiger partial charge in [-0.05, 0) is 13.8 Å². The fraction of sp³-hybridized carbons (Fsp3) is 0.500. The number of aryl methyl sites for hydroxylation is 1. The first-order chi connectivity index (χ1) is 8.10. The van der Waals surface area contributed by atoms with Gasteiger partial charge in [0, 0.05) is 5.92 Å². The predicted octanol–water partition coefficient (Wildman–Crippen LogP) is -2.24. The van der Waals surface area contributed by atoms with Crippen LogP contribution < -0.4 is 17.0 Å². The quantitative estimate of drug-likeness (QED) is 0.216. The van der Waals surface area contributed by atoms with Crippen molar-refractivity contribution in [1.29, 1.82) is 0 Å². The number of terminal acetylenes is 1. The molecule has 2 unspecified atom stereocenters. The van der Waals surface area contributed by atoms with Crippen LogP contribution >= 0.6 is 0 Å². The lowest BCUT2D eigenvalue weighted by atomic mass is 10.1. The molecule has 0 aliphatic heterocycles. The van der Waals surface area contributed by atoms with E-state index in [1.54, 1.807) is 0 Å². The Labute approximate surface area is 113 Å². The van der Waals surface area contributed by atoms with Gasteiger partial charge < -0.3 is 22.4 Å². The van der Waals surface area contributed by atoms with E-state index < -0.39 is 0 Å². The molecule has 0 aliphatic carbocycles. The Hall–Kier alpha value is -1.51. The topological polar surface area (TPSA) is 50.6 Å². The lowest BCUT2D eigenvalue weighted by Gasteiger charge is -2.14. The van der Waals surface area contributed by atoms with Crippen molar-refractivity contribution in [1.82, 2.24) is 4.57 Å². The number of oxime groups is 1. The molecule has 18 heavy (non-hydrogen) atoms. The predicted molar refractivity (Wildman–Crippen MR) is 63.5 cm³/mol. The van der Waals surface area contributed by atoms with Crippen LogP contribution in [-0.2, 0) is 18.5 Å². The van der Waals surface area contributed by atoms with Crippen molar-refractivity contribution in [2.45, 2.75) is 26.7 Å². The van der Waals surface area contributed by atoms with Crippen LogP contribution in [0.4, 0.5) is 0 Å². The zero-order valence-electron chi connectivity index (χ0n) is 10.7. The highest BCUT2D eigenvalue weighted by Crippen LogP contribution is 2.06. The standard InChI is InChI=1S/C12H17N3O2.ClH/c1-5-10(2)11(3)17-9-15-7-6-14(4)12(15)8-13-16;/h1,6-8,10-11H,9H2,2-4H3;1H. The average Bonchev–Trinajstić information content (AvgIpc) is 2.67. The third-order valence-corrected chi connectivity index (χ3v) is 2.74. The number of halogens is 1. The van der Waals surface area contributed by atoms with Crippen LogP contribution in [0.3, 0.4) is 0 Å². The first kappa shape index (κ1) is 16.5. The number of rotatable bonds is 5. The van der Waals surface area contributed by atoms with Gasteiger partial charge in [-0.3, -0.25) is 0 Å². The number of aromatic nitrogens is 2. The highest BCUT2D eigenvalue weighted by Gasteiger charge is 2.15. The lowest BCUT2D eigenvalue weighted by Crippen LogP contribution is -3.00. The molecule has 1 rings (SSSR count). The molecule has 0 aromatic carbocycles. The Kier molecular flexibility index (Phi) is 7.10. The third-order valence-electron chi connectivity index (χ3n) is 2.74. The molecule has 0 spiro atoms. The summed E-state index contributed by atoms with van der Waals surface area (Å²) >= 11 is 0. The van der Waals surface area contributed by atoms with Gasteiger partial charge in [0.15, 0.2) is 12.9 Å². The number of nitrogens with zero attached hydrogens (tertiary/aromatic N) is 3. The Bertz CT molecular complexity index is 437. The first-order valence-corrected chi connectivity index (χ1v) is 5.40. The molecule has 0 aliphatic rings. The van der Waals surface area contributed by atoms with Gasteiger partial charge in [-0.25, -0.2) is 9.13 Å². The van der Waals surface area contributed by atoms with Gasteiger partial charge in [0.2, 0.25) is 0 Å². The van der Waals surface area contributed by atoms with Gasteiger partial charge in [0.1, 0.15) is 12.4 Å². The molecular formula is C12H18ClN3O2. The Morgan fingerprint density at radius 3 is 2.89 bits per heavy atom. The first-order valence-electron chi connectivity index (χ1n) is 5.40. The monoisotopic (exact) mass is 271 g/mol. The second-order valence-corrected chi connectivity index (χ2v) is 3.94. The van der Waals surface area contributed by atoms with E-state index in [0.29, 0.717) is 6.73 Å². The number of ether oxygens (including phenoxy) is 1. The molecule has 0 saturated carbocycles. The van der Waals surface area contributed by atoms with E-state index in [-0.39, 0.29) is 24.4 Å². The zero-order chi connectivity index (χ0) is 12.8. The lowest BCUT2D eigenvalue weighted by molar-refractivity contribution is -0.672. The SMILES string of the molecule is C#CC(C)C(C)OCn1cc[n+](C)c1/C=N\O.[Cl-]. The van der Waals surface area contributed by atoms with Gasteiger partial charge in [0.25, 0.3) is 0 Å². The smallest absolute Gasteiger partial charge is 0.305 e. The van der Waals surface area contributed by atoms with E-state index in [9.17, 15) is 0 Å². The fourth-order valence-corrected chi connectivity index (χ4v) is 1.34. The van der Waals surface area contributed by atoms with Crippen LogP contribution in [-0.4, -0.2) is 22.1 Å². The van der Waals surface area contributed by atoms with Gasteiger partial charge in [-0.1, -0.05) is 5.16 Å². The van der Waals surface area contributed by atoms with E-state index in [0.717, 1.165) is 5.82 Å². The molecule has 0 bridgehead atoms. The van der Waals surface area contributed by atoms with Crippen molar-refractivity contribution in [3.8, 4) is 12.3 Å². The number of imidazole rings is 1. The van der Waals surface area contributed by atoms with Gasteiger partial charge in [-0.2, -0.15) is 0 Å². The number of hydrogen-bond acceptors (Lipinski definition) is 3. The molecule has 1 aromatic rings. The highest BCUT2D eigenvalue weighted by atomic mass is 35.5. The summed E-state index contributed by atoms with van der Waals surface area (Å²) in [6, 6.07) is 0. The summed E-state index contributed by atoms with van der Waals surface area (Å²) in [5.74, 6) is 3.45. The Balaban J connectivity index is 0.00000289. The van der Waals surface area contributed by atoms with E-state index >= 15 is 0 Å². The third kappa shape index (κ3) is 4.06. The Morgan fingerprint density at radius 2 is 2.33 bits per heavy atom. The van der Waals surface area contributed by atoms with Crippen LogP contribution in [0.2, 0.25) is 0 Å². The summed E-state index contributed by atoms with van der Waals surface area (Å²) in [5.41, 5.74) is 0. The van der Waals surface area contributed by atoms with Crippen LogP contribution in [0.15, 0.2) is 17.5 Å². The number of hydrogen-bond donors (Lipinski definition) is 1. The van der Waals surface area contributed by atoms with Gasteiger partial charge >= 0.3 is 5.82 Å². The van der Waals surface area contributed by atoms with E-state index in [2.05, 4.69) is 11.1 Å². The second kappa shape index (κ2) is 7.75. The molecule has 1 heterocycles. The van der Waals surface area contributed by atoms with Crippen LogP contribution in [0.1, 0.15) is 19.7 Å². The van der Waals surface area contributed by atoms with Crippen molar-refractivity contribution < 1.29 is 26.9 Å². The highest BCUT2D eigenvalue weighted by molar-refractivity contribution is 5.72. The van der Waals surface area contributed by atoms with Crippen molar-refractivity contribution in [2.75, 3.05) is 0 Å². The molecule has 5 nitrogen and oxygen atoms in total. The van der Waals surface area contributed by atoms with E-state index in [4.69, 9.17) is 16.4 Å². The summed E-state index contributed by atoms with van der Waals surface area (Å²) in [6.45, 7) is 4.25. The normalized spacial score (nSPS) is 13.9. The van der Waals surface area contributed by atoms with Crippen LogP contribution in [0.5, 0.6) is 0 Å². The molecule has 0 fully saturated rings.